The molecule has 1 aliphatic rings. The van der Waals surface area contributed by atoms with E-state index in [2.05, 4.69) is 44.3 Å². The van der Waals surface area contributed by atoms with E-state index in [1.165, 1.54) is 5.69 Å². The van der Waals surface area contributed by atoms with Crippen molar-refractivity contribution in [1.29, 1.82) is 0 Å². The molecule has 1 aliphatic heterocycles. The number of aryl methyl sites for hydroxylation is 1. The van der Waals surface area contributed by atoms with Gasteiger partial charge in [0.25, 0.3) is 5.56 Å². The molecule has 3 aromatic heterocycles. The van der Waals surface area contributed by atoms with E-state index in [4.69, 9.17) is 16.6 Å². The highest BCUT2D eigenvalue weighted by atomic mass is 35.5. The van der Waals surface area contributed by atoms with Crippen molar-refractivity contribution < 1.29 is 0 Å². The summed E-state index contributed by atoms with van der Waals surface area (Å²) >= 11 is 8.21. The van der Waals surface area contributed by atoms with Gasteiger partial charge < -0.3 is 15.1 Å². The summed E-state index contributed by atoms with van der Waals surface area (Å²) in [6.07, 6.45) is 3.51. The van der Waals surface area contributed by atoms with E-state index in [1.807, 2.05) is 48.7 Å². The monoisotopic (exact) mass is 557 g/mol. The number of nitrogens with one attached hydrogen (secondary N) is 1. The summed E-state index contributed by atoms with van der Waals surface area (Å²) in [5.74, 6) is 0.440. The van der Waals surface area contributed by atoms with Crippen LogP contribution in [0.2, 0.25) is 5.02 Å². The van der Waals surface area contributed by atoms with Crippen molar-refractivity contribution in [2.24, 2.45) is 0 Å². The maximum absolute atomic E-state index is 13.6. The number of thiazole rings is 1. The normalized spacial score (nSPS) is 14.2. The minimum Gasteiger partial charge on any atom is -0.369 e. The van der Waals surface area contributed by atoms with Crippen molar-refractivity contribution in [1.82, 2.24) is 24.4 Å². The topological polar surface area (TPSA) is 79.2 Å². The quantitative estimate of drug-likeness (QED) is 0.285. The number of piperazine rings is 1. The van der Waals surface area contributed by atoms with Gasteiger partial charge in [-0.25, -0.2) is 9.97 Å². The first-order valence-electron chi connectivity index (χ1n) is 12.9. The minimum absolute atomic E-state index is 0.143. The van der Waals surface area contributed by atoms with E-state index in [1.54, 1.807) is 28.3 Å². The highest BCUT2D eigenvalue weighted by Crippen LogP contribution is 2.33. The number of fused-ring (bicyclic) bond motifs is 1. The highest BCUT2D eigenvalue weighted by molar-refractivity contribution is 7.13. The number of hydrogen-bond donors (Lipinski definition) is 1. The predicted octanol–water partition coefficient (Wildman–Crippen LogP) is 5.75. The number of hydrogen-bond acceptors (Lipinski definition) is 8. The Morgan fingerprint density at radius 2 is 1.79 bits per heavy atom. The summed E-state index contributed by atoms with van der Waals surface area (Å²) in [6, 6.07) is 15.8. The Morgan fingerprint density at radius 1 is 1.00 bits per heavy atom. The molecule has 1 saturated heterocycles. The third-order valence-electron chi connectivity index (χ3n) is 7.07. The average molecular weight is 558 g/mol. The minimum atomic E-state index is -0.143. The molecule has 2 aromatic carbocycles. The van der Waals surface area contributed by atoms with Gasteiger partial charge in [0.1, 0.15) is 10.7 Å². The van der Waals surface area contributed by atoms with Gasteiger partial charge in [0.15, 0.2) is 0 Å². The lowest BCUT2D eigenvalue weighted by Crippen LogP contribution is -2.44. The number of aromatic nitrogens is 4. The Morgan fingerprint density at radius 3 is 2.49 bits per heavy atom. The van der Waals surface area contributed by atoms with E-state index in [0.717, 1.165) is 47.8 Å². The maximum atomic E-state index is 13.6. The zero-order valence-corrected chi connectivity index (χ0v) is 23.3. The molecule has 5 aromatic rings. The fourth-order valence-corrected chi connectivity index (χ4v) is 5.81. The second kappa shape index (κ2) is 10.8. The fourth-order valence-electron chi connectivity index (χ4n) is 4.89. The van der Waals surface area contributed by atoms with E-state index < -0.39 is 0 Å². The third kappa shape index (κ3) is 5.13. The third-order valence-corrected chi connectivity index (χ3v) is 8.21. The van der Waals surface area contributed by atoms with Crippen molar-refractivity contribution in [2.75, 3.05) is 43.4 Å². The fraction of sp³-hybridized carbons (Fsp3) is 0.241. The highest BCUT2D eigenvalue weighted by Gasteiger charge is 2.17. The molecule has 6 rings (SSSR count). The van der Waals surface area contributed by atoms with Crippen molar-refractivity contribution >= 4 is 51.3 Å². The molecule has 0 unspecified atom stereocenters. The van der Waals surface area contributed by atoms with Gasteiger partial charge in [-0.2, -0.15) is 4.98 Å². The van der Waals surface area contributed by atoms with Gasteiger partial charge in [0, 0.05) is 89.0 Å². The molecule has 198 valence electrons. The van der Waals surface area contributed by atoms with Crippen molar-refractivity contribution in [3.8, 4) is 21.7 Å². The van der Waals surface area contributed by atoms with Crippen LogP contribution in [0, 0.1) is 0 Å². The molecule has 0 bridgehead atoms. The molecule has 10 heteroatoms. The predicted molar refractivity (Wildman–Crippen MR) is 160 cm³/mol. The molecule has 0 saturated carbocycles. The zero-order chi connectivity index (χ0) is 26.9. The Kier molecular flexibility index (Phi) is 7.03. The van der Waals surface area contributed by atoms with E-state index in [9.17, 15) is 4.79 Å². The summed E-state index contributed by atoms with van der Waals surface area (Å²) in [5, 5.41) is 7.36. The van der Waals surface area contributed by atoms with Gasteiger partial charge in [-0.05, 0) is 50.4 Å². The summed E-state index contributed by atoms with van der Waals surface area (Å²) in [4.78, 5) is 31.9. The molecule has 39 heavy (non-hydrogen) atoms. The standard InChI is InChI=1S/C29H28ClN7OS/c1-3-37-26-20(16-24(28(37)38)23-9-4-19(17-25(23)30)27-31-10-15-39-27)18-32-29(34-26)33-21-5-7-22(8-6-21)36-13-11-35(2)12-14-36/h4-10,15-18H,3,11-14H2,1-2H3,(H,32,33,34). The molecule has 8 nitrogen and oxygen atoms in total. The molecule has 0 radical (unpaired) electrons. The Bertz CT molecular complexity index is 1680. The van der Waals surface area contributed by atoms with Gasteiger partial charge >= 0.3 is 0 Å². The van der Waals surface area contributed by atoms with Crippen LogP contribution in [0.25, 0.3) is 32.7 Å². The van der Waals surface area contributed by atoms with Crippen LogP contribution in [0.1, 0.15) is 6.92 Å². The largest absolute Gasteiger partial charge is 0.369 e. The Labute approximate surface area is 235 Å². The molecule has 1 fully saturated rings. The molecule has 0 amide bonds. The molecular formula is C29H28ClN7OS. The van der Waals surface area contributed by atoms with Gasteiger partial charge in [-0.3, -0.25) is 9.36 Å². The van der Waals surface area contributed by atoms with E-state index >= 15 is 0 Å². The summed E-state index contributed by atoms with van der Waals surface area (Å²) in [5.41, 5.74) is 4.65. The zero-order valence-electron chi connectivity index (χ0n) is 21.8. The molecular weight excluding hydrogens is 530 g/mol. The number of likely N-dealkylation sites (N-methyl/N-ethyl adjacent to an activating group) is 1. The first-order valence-corrected chi connectivity index (χ1v) is 14.2. The lowest BCUT2D eigenvalue weighted by molar-refractivity contribution is 0.313. The van der Waals surface area contributed by atoms with Gasteiger partial charge in [0.05, 0.1) is 0 Å². The number of anilines is 3. The van der Waals surface area contributed by atoms with Crippen LogP contribution in [0.3, 0.4) is 0 Å². The SMILES string of the molecule is CCn1c(=O)c(-c2ccc(-c3nccs3)cc2Cl)cc2cnc(Nc3ccc(N4CCN(C)CC4)cc3)nc21. The second-order valence-electron chi connectivity index (χ2n) is 9.57. The van der Waals surface area contributed by atoms with Crippen molar-refractivity contribution in [3.63, 3.8) is 0 Å². The van der Waals surface area contributed by atoms with Gasteiger partial charge in [-0.1, -0.05) is 23.7 Å². The summed E-state index contributed by atoms with van der Waals surface area (Å²) in [7, 11) is 2.16. The summed E-state index contributed by atoms with van der Waals surface area (Å²) < 4.78 is 1.67. The number of pyridine rings is 1. The summed E-state index contributed by atoms with van der Waals surface area (Å²) in [6.45, 7) is 6.58. The lowest BCUT2D eigenvalue weighted by Gasteiger charge is -2.34. The first-order chi connectivity index (χ1) is 19.0. The molecule has 4 heterocycles. The Hall–Kier alpha value is -3.79. The maximum Gasteiger partial charge on any atom is 0.260 e. The van der Waals surface area contributed by atoms with E-state index in [0.29, 0.717) is 34.3 Å². The molecule has 1 N–H and O–H groups in total. The average Bonchev–Trinajstić information content (AvgIpc) is 3.49. The molecule has 0 aliphatic carbocycles. The van der Waals surface area contributed by atoms with Crippen LogP contribution in [0.5, 0.6) is 0 Å². The smallest absolute Gasteiger partial charge is 0.260 e. The number of halogens is 1. The number of nitrogens with zero attached hydrogens (tertiary/aromatic N) is 6. The molecule has 0 spiro atoms. The second-order valence-corrected chi connectivity index (χ2v) is 10.9. The number of rotatable bonds is 6. The lowest BCUT2D eigenvalue weighted by atomic mass is 10.0. The van der Waals surface area contributed by atoms with Crippen LogP contribution in [-0.4, -0.2) is 57.6 Å². The Balaban J connectivity index is 1.29. The van der Waals surface area contributed by atoms with Crippen LogP contribution < -0.4 is 15.8 Å². The first kappa shape index (κ1) is 25.5. The van der Waals surface area contributed by atoms with Crippen molar-refractivity contribution in [2.45, 2.75) is 13.5 Å². The van der Waals surface area contributed by atoms with Crippen molar-refractivity contribution in [3.05, 3.63) is 81.7 Å². The number of benzene rings is 2. The van der Waals surface area contributed by atoms with Crippen LogP contribution in [0.15, 0.2) is 71.1 Å². The van der Waals surface area contributed by atoms with Crippen LogP contribution >= 0.6 is 22.9 Å². The van der Waals surface area contributed by atoms with Gasteiger partial charge in [-0.15, -0.1) is 11.3 Å². The van der Waals surface area contributed by atoms with Crippen LogP contribution in [-0.2, 0) is 6.54 Å². The van der Waals surface area contributed by atoms with Crippen LogP contribution in [0.4, 0.5) is 17.3 Å². The molecule has 0 atom stereocenters. The van der Waals surface area contributed by atoms with Gasteiger partial charge in [0.2, 0.25) is 5.95 Å². The van der Waals surface area contributed by atoms with E-state index in [-0.39, 0.29) is 5.56 Å².